The third kappa shape index (κ3) is 5.01. The van der Waals surface area contributed by atoms with Crippen molar-refractivity contribution in [1.82, 2.24) is 9.80 Å². The van der Waals surface area contributed by atoms with Gasteiger partial charge in [-0.15, -0.1) is 11.3 Å². The molecule has 30 heavy (non-hydrogen) atoms. The number of thiophene rings is 1. The van der Waals surface area contributed by atoms with E-state index >= 15 is 0 Å². The molecule has 160 valence electrons. The smallest absolute Gasteiger partial charge is 0.274 e. The number of hydrogen-bond acceptors (Lipinski definition) is 4. The first-order valence-electron chi connectivity index (χ1n) is 11.4. The van der Waals surface area contributed by atoms with Crippen molar-refractivity contribution in [2.75, 3.05) is 26.2 Å². The minimum absolute atomic E-state index is 0.0655. The average Bonchev–Trinajstić information content (AvgIpc) is 3.32. The van der Waals surface area contributed by atoms with E-state index in [1.165, 1.54) is 37.7 Å². The summed E-state index contributed by atoms with van der Waals surface area (Å²) in [7, 11) is 0. The van der Waals surface area contributed by atoms with Crippen LogP contribution in [0, 0.1) is 0 Å². The molecule has 2 heterocycles. The molecule has 0 bridgehead atoms. The van der Waals surface area contributed by atoms with Crippen molar-refractivity contribution in [3.05, 3.63) is 52.2 Å². The highest BCUT2D eigenvalue weighted by Gasteiger charge is 2.29. The lowest BCUT2D eigenvalue weighted by molar-refractivity contribution is -0.126. The van der Waals surface area contributed by atoms with Crippen LogP contribution >= 0.6 is 11.3 Å². The van der Waals surface area contributed by atoms with Gasteiger partial charge in [-0.05, 0) is 47.9 Å². The van der Waals surface area contributed by atoms with E-state index < -0.39 is 0 Å². The Balaban J connectivity index is 1.51. The zero-order valence-corrected chi connectivity index (χ0v) is 19.0. The Morgan fingerprint density at radius 1 is 1.03 bits per heavy atom. The van der Waals surface area contributed by atoms with Gasteiger partial charge in [-0.1, -0.05) is 51.3 Å². The van der Waals surface area contributed by atoms with Crippen LogP contribution in [0.2, 0.25) is 0 Å². The van der Waals surface area contributed by atoms with Crippen LogP contribution in [0.5, 0.6) is 0 Å². The van der Waals surface area contributed by atoms with Crippen molar-refractivity contribution < 1.29 is 4.79 Å². The summed E-state index contributed by atoms with van der Waals surface area (Å²) in [6, 6.07) is 13.0. The summed E-state index contributed by atoms with van der Waals surface area (Å²) in [6.07, 6.45) is 6.74. The number of piperazine rings is 1. The van der Waals surface area contributed by atoms with E-state index in [2.05, 4.69) is 30.9 Å². The Labute approximate surface area is 184 Å². The standard InChI is InChI=1S/C25H33N3OS/c1-19(2)20-8-6-9-21(18-20)26-24(23-12-7-17-30-23)25(29)28-15-13-27(14-16-28)22-10-4-3-5-11-22/h6-9,12,17-19,22H,3-5,10-11,13-16H2,1-2H3. The number of amides is 1. The molecule has 2 aliphatic rings. The molecule has 1 saturated heterocycles. The van der Waals surface area contributed by atoms with E-state index in [-0.39, 0.29) is 5.91 Å². The SMILES string of the molecule is CC(C)c1cccc(N=C(C(=O)N2CCN(C3CCCCC3)CC2)c2cccs2)c1. The summed E-state index contributed by atoms with van der Waals surface area (Å²) in [6.45, 7) is 7.92. The minimum Gasteiger partial charge on any atom is -0.335 e. The number of nitrogens with zero attached hydrogens (tertiary/aromatic N) is 3. The molecule has 0 unspecified atom stereocenters. The molecular formula is C25H33N3OS. The zero-order chi connectivity index (χ0) is 20.9. The van der Waals surface area contributed by atoms with Crippen molar-refractivity contribution in [3.63, 3.8) is 0 Å². The first-order chi connectivity index (χ1) is 14.6. The molecule has 1 amide bonds. The van der Waals surface area contributed by atoms with Gasteiger partial charge >= 0.3 is 0 Å². The van der Waals surface area contributed by atoms with E-state index in [0.29, 0.717) is 11.6 Å². The average molecular weight is 424 g/mol. The first kappa shape index (κ1) is 21.3. The minimum atomic E-state index is 0.0655. The number of rotatable bonds is 5. The second-order valence-corrected chi connectivity index (χ2v) is 9.76. The molecule has 0 atom stereocenters. The first-order valence-corrected chi connectivity index (χ1v) is 12.3. The van der Waals surface area contributed by atoms with Crippen molar-refractivity contribution in [2.45, 2.75) is 57.9 Å². The lowest BCUT2D eigenvalue weighted by Crippen LogP contribution is -2.53. The van der Waals surface area contributed by atoms with Gasteiger partial charge in [-0.3, -0.25) is 9.69 Å². The maximum atomic E-state index is 13.5. The number of carbonyl (C=O) groups excluding carboxylic acids is 1. The normalized spacial score (nSPS) is 19.4. The fourth-order valence-electron chi connectivity index (χ4n) is 4.59. The summed E-state index contributed by atoms with van der Waals surface area (Å²) >= 11 is 1.59. The van der Waals surface area contributed by atoms with Crippen LogP contribution in [0.15, 0.2) is 46.8 Å². The number of hydrogen-bond donors (Lipinski definition) is 0. The van der Waals surface area contributed by atoms with Gasteiger partial charge in [0.25, 0.3) is 5.91 Å². The molecule has 1 saturated carbocycles. The van der Waals surface area contributed by atoms with Gasteiger partial charge in [-0.2, -0.15) is 0 Å². The third-order valence-corrected chi connectivity index (χ3v) is 7.30. The monoisotopic (exact) mass is 423 g/mol. The van der Waals surface area contributed by atoms with Crippen LogP contribution in [0.1, 0.15) is 62.3 Å². The highest BCUT2D eigenvalue weighted by molar-refractivity contribution is 7.13. The van der Waals surface area contributed by atoms with Crippen LogP contribution in [0.4, 0.5) is 5.69 Å². The summed E-state index contributed by atoms with van der Waals surface area (Å²) in [5.41, 5.74) is 2.69. The summed E-state index contributed by atoms with van der Waals surface area (Å²) in [5.74, 6) is 0.504. The van der Waals surface area contributed by atoms with Crippen LogP contribution in [0.3, 0.4) is 0 Å². The van der Waals surface area contributed by atoms with Gasteiger partial charge in [0, 0.05) is 32.2 Å². The van der Waals surface area contributed by atoms with E-state index in [4.69, 9.17) is 4.99 Å². The predicted octanol–water partition coefficient (Wildman–Crippen LogP) is 5.47. The Kier molecular flexibility index (Phi) is 7.00. The highest BCUT2D eigenvalue weighted by Crippen LogP contribution is 2.25. The quantitative estimate of drug-likeness (QED) is 0.598. The predicted molar refractivity (Wildman–Crippen MR) is 126 cm³/mol. The van der Waals surface area contributed by atoms with Gasteiger partial charge in [0.05, 0.1) is 10.6 Å². The topological polar surface area (TPSA) is 35.9 Å². The van der Waals surface area contributed by atoms with Crippen molar-refractivity contribution in [3.8, 4) is 0 Å². The molecule has 0 spiro atoms. The Bertz CT molecular complexity index is 860. The van der Waals surface area contributed by atoms with Crippen molar-refractivity contribution in [1.29, 1.82) is 0 Å². The second-order valence-electron chi connectivity index (χ2n) is 8.81. The Morgan fingerprint density at radius 3 is 2.47 bits per heavy atom. The van der Waals surface area contributed by atoms with Gasteiger partial charge in [-0.25, -0.2) is 4.99 Å². The largest absolute Gasteiger partial charge is 0.335 e. The second kappa shape index (κ2) is 9.88. The lowest BCUT2D eigenvalue weighted by atomic mass is 9.94. The van der Waals surface area contributed by atoms with Gasteiger partial charge < -0.3 is 4.90 Å². The Hall–Kier alpha value is -1.98. The summed E-state index contributed by atoms with van der Waals surface area (Å²) in [5, 5.41) is 2.02. The molecule has 1 aromatic heterocycles. The fraction of sp³-hybridized carbons (Fsp3) is 0.520. The van der Waals surface area contributed by atoms with Gasteiger partial charge in [0.2, 0.25) is 0 Å². The molecule has 0 N–H and O–H groups in total. The van der Waals surface area contributed by atoms with Gasteiger partial charge in [0.15, 0.2) is 0 Å². The van der Waals surface area contributed by atoms with E-state index in [1.54, 1.807) is 11.3 Å². The Morgan fingerprint density at radius 2 is 1.80 bits per heavy atom. The molecule has 4 nitrogen and oxygen atoms in total. The third-order valence-electron chi connectivity index (χ3n) is 6.43. The van der Waals surface area contributed by atoms with Crippen molar-refractivity contribution in [2.24, 2.45) is 4.99 Å². The molecule has 1 aliphatic carbocycles. The van der Waals surface area contributed by atoms with Crippen LogP contribution < -0.4 is 0 Å². The maximum Gasteiger partial charge on any atom is 0.274 e. The highest BCUT2D eigenvalue weighted by atomic mass is 32.1. The number of aliphatic imine (C=N–C) groups is 1. The van der Waals surface area contributed by atoms with Crippen LogP contribution in [0.25, 0.3) is 0 Å². The lowest BCUT2D eigenvalue weighted by Gasteiger charge is -2.40. The molecule has 4 rings (SSSR count). The van der Waals surface area contributed by atoms with E-state index in [9.17, 15) is 4.79 Å². The van der Waals surface area contributed by atoms with E-state index in [0.717, 1.165) is 42.8 Å². The fourth-order valence-corrected chi connectivity index (χ4v) is 5.30. The van der Waals surface area contributed by atoms with Gasteiger partial charge in [0.1, 0.15) is 5.71 Å². The molecular weight excluding hydrogens is 390 g/mol. The molecule has 2 fully saturated rings. The van der Waals surface area contributed by atoms with Crippen LogP contribution in [-0.2, 0) is 4.79 Å². The zero-order valence-electron chi connectivity index (χ0n) is 18.2. The number of carbonyl (C=O) groups is 1. The van der Waals surface area contributed by atoms with Crippen LogP contribution in [-0.4, -0.2) is 53.6 Å². The number of benzene rings is 1. The molecule has 2 aromatic rings. The molecule has 1 aromatic carbocycles. The molecule has 0 radical (unpaired) electrons. The summed E-state index contributed by atoms with van der Waals surface area (Å²) in [4.78, 5) is 23.9. The summed E-state index contributed by atoms with van der Waals surface area (Å²) < 4.78 is 0. The van der Waals surface area contributed by atoms with Crippen molar-refractivity contribution >= 4 is 28.6 Å². The van der Waals surface area contributed by atoms with E-state index in [1.807, 2.05) is 34.5 Å². The maximum absolute atomic E-state index is 13.5. The molecule has 1 aliphatic heterocycles. The molecule has 5 heteroatoms.